The fourth-order valence-corrected chi connectivity index (χ4v) is 4.69. The Morgan fingerprint density at radius 3 is 2.52 bits per heavy atom. The van der Waals surface area contributed by atoms with Crippen LogP contribution in [0.4, 0.5) is 5.69 Å². The predicted molar refractivity (Wildman–Crippen MR) is 108 cm³/mol. The van der Waals surface area contributed by atoms with E-state index in [1.54, 1.807) is 37.5 Å². The van der Waals surface area contributed by atoms with E-state index in [9.17, 15) is 18.5 Å². The summed E-state index contributed by atoms with van der Waals surface area (Å²) in [6.45, 7) is 3.65. The molecule has 4 rings (SSSR count). The number of pyridine rings is 1. The van der Waals surface area contributed by atoms with E-state index in [0.29, 0.717) is 16.6 Å². The quantitative estimate of drug-likeness (QED) is 0.369. The molecule has 0 amide bonds. The van der Waals surface area contributed by atoms with Gasteiger partial charge in [0.25, 0.3) is 15.7 Å². The van der Waals surface area contributed by atoms with Gasteiger partial charge in [-0.3, -0.25) is 14.8 Å². The lowest BCUT2D eigenvalue weighted by Crippen LogP contribution is -2.14. The van der Waals surface area contributed by atoms with Crippen molar-refractivity contribution in [2.75, 3.05) is 0 Å². The highest BCUT2D eigenvalue weighted by atomic mass is 32.2. The normalized spacial score (nSPS) is 11.6. The number of hydrogen-bond donors (Lipinski definition) is 0. The van der Waals surface area contributed by atoms with E-state index in [1.165, 1.54) is 29.1 Å². The summed E-state index contributed by atoms with van der Waals surface area (Å²) in [7, 11) is -2.33. The Morgan fingerprint density at radius 1 is 1.21 bits per heavy atom. The molecular formula is C19H15N5O4S. The Labute approximate surface area is 165 Å². The van der Waals surface area contributed by atoms with Crippen molar-refractivity contribution in [3.8, 4) is 11.3 Å². The second-order valence-electron chi connectivity index (χ2n) is 6.27. The Morgan fingerprint density at radius 2 is 1.93 bits per heavy atom. The highest BCUT2D eigenvalue weighted by molar-refractivity contribution is 7.90. The lowest BCUT2D eigenvalue weighted by Gasteiger charge is -2.10. The largest absolute Gasteiger partial charge is 0.295 e. The van der Waals surface area contributed by atoms with Gasteiger partial charge in [-0.05, 0) is 18.2 Å². The van der Waals surface area contributed by atoms with Gasteiger partial charge in [-0.15, -0.1) is 0 Å². The van der Waals surface area contributed by atoms with Crippen molar-refractivity contribution in [1.82, 2.24) is 18.7 Å². The van der Waals surface area contributed by atoms with Crippen LogP contribution in [-0.2, 0) is 17.1 Å². The molecule has 0 spiro atoms. The number of nitro groups is 1. The first-order chi connectivity index (χ1) is 13.8. The van der Waals surface area contributed by atoms with Gasteiger partial charge in [0, 0.05) is 24.2 Å². The zero-order chi connectivity index (χ0) is 20.8. The summed E-state index contributed by atoms with van der Waals surface area (Å²) in [6, 6.07) is 9.48. The van der Waals surface area contributed by atoms with Crippen LogP contribution in [0.25, 0.3) is 28.4 Å². The number of nitrogens with zero attached hydrogens (tertiary/aromatic N) is 5. The Balaban J connectivity index is 2.14. The third kappa shape index (κ3) is 2.90. The van der Waals surface area contributed by atoms with Crippen LogP contribution >= 0.6 is 0 Å². The molecule has 0 N–H and O–H groups in total. The van der Waals surface area contributed by atoms with E-state index in [0.717, 1.165) is 10.2 Å². The zero-order valence-electron chi connectivity index (χ0n) is 15.3. The standard InChI is InChI=1S/C19H15N5O4S/c1-3-15-16-9-17(13-10-21-22(2)12-13)23(19(16)20-11-18(15)24(25)26)29(27,28)14-7-5-4-6-8-14/h3-12H,1H2,2H3. The summed E-state index contributed by atoms with van der Waals surface area (Å²) in [5, 5.41) is 15.8. The average molecular weight is 409 g/mol. The number of rotatable bonds is 5. The molecule has 0 fully saturated rings. The molecule has 0 saturated heterocycles. The topological polar surface area (TPSA) is 113 Å². The van der Waals surface area contributed by atoms with E-state index in [-0.39, 0.29) is 21.8 Å². The fourth-order valence-electron chi connectivity index (χ4n) is 3.19. The van der Waals surface area contributed by atoms with Gasteiger partial charge in [0.1, 0.15) is 6.20 Å². The number of aromatic nitrogens is 4. The highest BCUT2D eigenvalue weighted by Crippen LogP contribution is 2.35. The van der Waals surface area contributed by atoms with Crippen molar-refractivity contribution < 1.29 is 13.3 Å². The maximum atomic E-state index is 13.5. The van der Waals surface area contributed by atoms with Gasteiger partial charge in [-0.1, -0.05) is 30.9 Å². The summed E-state index contributed by atoms with van der Waals surface area (Å²) in [5.74, 6) is 0. The van der Waals surface area contributed by atoms with Crippen LogP contribution in [0.2, 0.25) is 0 Å². The van der Waals surface area contributed by atoms with Crippen molar-refractivity contribution in [1.29, 1.82) is 0 Å². The van der Waals surface area contributed by atoms with Crippen molar-refractivity contribution >= 4 is 32.8 Å². The Hall–Kier alpha value is -3.79. The molecule has 0 bridgehead atoms. The maximum absolute atomic E-state index is 13.5. The SMILES string of the molecule is C=Cc1c([N+](=O)[O-])cnc2c1cc(-c1cnn(C)c1)n2S(=O)(=O)c1ccccc1. The minimum Gasteiger partial charge on any atom is -0.275 e. The second kappa shape index (κ2) is 6.67. The maximum Gasteiger partial charge on any atom is 0.295 e. The van der Waals surface area contributed by atoms with E-state index in [2.05, 4.69) is 16.7 Å². The molecular weight excluding hydrogens is 394 g/mol. The number of aryl methyl sites for hydroxylation is 1. The minimum absolute atomic E-state index is 0.0722. The average Bonchev–Trinajstić information content (AvgIpc) is 3.31. The van der Waals surface area contributed by atoms with Crippen molar-refractivity contribution in [2.45, 2.75) is 4.90 Å². The van der Waals surface area contributed by atoms with E-state index in [1.807, 2.05) is 0 Å². The Bertz CT molecular complexity index is 1370. The summed E-state index contributed by atoms with van der Waals surface area (Å²) >= 11 is 0. The smallest absolute Gasteiger partial charge is 0.275 e. The van der Waals surface area contributed by atoms with E-state index in [4.69, 9.17) is 0 Å². The first kappa shape index (κ1) is 18.6. The molecule has 0 aliphatic rings. The van der Waals surface area contributed by atoms with Gasteiger partial charge < -0.3 is 0 Å². The summed E-state index contributed by atoms with van der Waals surface area (Å²) in [6.07, 6.45) is 5.55. The molecule has 4 aromatic rings. The first-order valence-electron chi connectivity index (χ1n) is 8.45. The van der Waals surface area contributed by atoms with Gasteiger partial charge in [0.15, 0.2) is 5.65 Å². The molecule has 3 aromatic heterocycles. The number of fused-ring (bicyclic) bond motifs is 1. The van der Waals surface area contributed by atoms with Gasteiger partial charge in [0.2, 0.25) is 0 Å². The molecule has 0 saturated carbocycles. The predicted octanol–water partition coefficient (Wildman–Crippen LogP) is 3.23. The molecule has 0 radical (unpaired) electrons. The molecule has 29 heavy (non-hydrogen) atoms. The van der Waals surface area contributed by atoms with Crippen LogP contribution < -0.4 is 0 Å². The zero-order valence-corrected chi connectivity index (χ0v) is 16.1. The molecule has 0 atom stereocenters. The minimum atomic E-state index is -4.04. The molecule has 10 heteroatoms. The van der Waals surface area contributed by atoms with Gasteiger partial charge in [0.05, 0.1) is 27.3 Å². The number of benzene rings is 1. The highest BCUT2D eigenvalue weighted by Gasteiger charge is 2.28. The molecule has 9 nitrogen and oxygen atoms in total. The summed E-state index contributed by atoms with van der Waals surface area (Å²) < 4.78 is 29.6. The van der Waals surface area contributed by atoms with Crippen LogP contribution in [0.5, 0.6) is 0 Å². The van der Waals surface area contributed by atoms with Gasteiger partial charge >= 0.3 is 0 Å². The van der Waals surface area contributed by atoms with E-state index >= 15 is 0 Å². The van der Waals surface area contributed by atoms with Crippen molar-refractivity contribution in [3.63, 3.8) is 0 Å². The van der Waals surface area contributed by atoms with Crippen molar-refractivity contribution in [2.24, 2.45) is 7.05 Å². The lowest BCUT2D eigenvalue weighted by molar-refractivity contribution is -0.385. The molecule has 3 heterocycles. The van der Waals surface area contributed by atoms with Crippen LogP contribution in [0, 0.1) is 10.1 Å². The summed E-state index contributed by atoms with van der Waals surface area (Å²) in [5.41, 5.74) is 0.857. The third-order valence-corrected chi connectivity index (χ3v) is 6.21. The van der Waals surface area contributed by atoms with E-state index < -0.39 is 14.9 Å². The van der Waals surface area contributed by atoms with Crippen molar-refractivity contribution in [3.05, 3.63) is 77.2 Å². The third-order valence-electron chi connectivity index (χ3n) is 4.49. The van der Waals surface area contributed by atoms with Crippen LogP contribution in [0.3, 0.4) is 0 Å². The second-order valence-corrected chi connectivity index (χ2v) is 8.06. The lowest BCUT2D eigenvalue weighted by atomic mass is 10.1. The molecule has 0 unspecified atom stereocenters. The molecule has 0 aliphatic heterocycles. The van der Waals surface area contributed by atoms with Crippen LogP contribution in [0.15, 0.2) is 66.5 Å². The molecule has 0 aliphatic carbocycles. The van der Waals surface area contributed by atoms with Gasteiger partial charge in [-0.25, -0.2) is 17.4 Å². The van der Waals surface area contributed by atoms with Crippen LogP contribution in [-0.4, -0.2) is 32.1 Å². The van der Waals surface area contributed by atoms with Crippen LogP contribution in [0.1, 0.15) is 5.56 Å². The Kier molecular flexibility index (Phi) is 4.27. The molecule has 1 aromatic carbocycles. The fraction of sp³-hybridized carbons (Fsp3) is 0.0526. The summed E-state index contributed by atoms with van der Waals surface area (Å²) in [4.78, 5) is 15.0. The van der Waals surface area contributed by atoms with Gasteiger partial charge in [-0.2, -0.15) is 5.10 Å². The monoisotopic (exact) mass is 409 g/mol. The number of hydrogen-bond acceptors (Lipinski definition) is 6. The first-order valence-corrected chi connectivity index (χ1v) is 9.89. The molecule has 146 valence electrons.